The maximum atomic E-state index is 11.1. The van der Waals surface area contributed by atoms with Gasteiger partial charge in [-0.15, -0.1) is 0 Å². The Bertz CT molecular complexity index is 510. The van der Waals surface area contributed by atoms with Crippen molar-refractivity contribution >= 4 is 17.2 Å². The summed E-state index contributed by atoms with van der Waals surface area (Å²) in [7, 11) is 0. The third-order valence-electron chi connectivity index (χ3n) is 2.77. The number of rotatable bonds is 2. The van der Waals surface area contributed by atoms with E-state index in [1.807, 2.05) is 18.2 Å². The second kappa shape index (κ2) is 4.31. The van der Waals surface area contributed by atoms with Gasteiger partial charge in [-0.25, -0.2) is 0 Å². The van der Waals surface area contributed by atoms with Crippen LogP contribution in [0, 0.1) is 10.1 Å². The smallest absolute Gasteiger partial charge is 0.262 e. The zero-order valence-corrected chi connectivity index (χ0v) is 9.72. The molecule has 2 N–H and O–H groups in total. The Morgan fingerprint density at radius 1 is 1.35 bits per heavy atom. The molecule has 0 aliphatic heterocycles. The highest BCUT2D eigenvalue weighted by Crippen LogP contribution is 2.35. The molecule has 5 heteroatoms. The first-order valence-electron chi connectivity index (χ1n) is 5.10. The summed E-state index contributed by atoms with van der Waals surface area (Å²) < 4.78 is 0. The van der Waals surface area contributed by atoms with Gasteiger partial charge in [-0.1, -0.05) is 48.0 Å². The molecule has 4 nitrogen and oxygen atoms in total. The first kappa shape index (κ1) is 11.8. The van der Waals surface area contributed by atoms with E-state index in [0.717, 1.165) is 5.56 Å². The van der Waals surface area contributed by atoms with Crippen LogP contribution in [0.15, 0.2) is 47.5 Å². The van der Waals surface area contributed by atoms with Crippen molar-refractivity contribution in [1.29, 1.82) is 0 Å². The molecule has 0 radical (unpaired) electrons. The standard InChI is InChI=1S/C12H11ClN2O2/c13-10-6-7-12(14,15(16)17)11(8-10)9-4-2-1-3-5-9/h1-6,8H,7,14H2. The first-order chi connectivity index (χ1) is 8.04. The van der Waals surface area contributed by atoms with Gasteiger partial charge in [-0.2, -0.15) is 0 Å². The van der Waals surface area contributed by atoms with Crippen molar-refractivity contribution in [2.45, 2.75) is 12.1 Å². The molecule has 17 heavy (non-hydrogen) atoms. The van der Waals surface area contributed by atoms with E-state index in [1.54, 1.807) is 24.3 Å². The largest absolute Gasteiger partial charge is 0.302 e. The van der Waals surface area contributed by atoms with Crippen LogP contribution in [-0.4, -0.2) is 10.6 Å². The minimum Gasteiger partial charge on any atom is -0.262 e. The lowest BCUT2D eigenvalue weighted by atomic mass is 9.87. The van der Waals surface area contributed by atoms with Crippen LogP contribution in [0.5, 0.6) is 0 Å². The minimum atomic E-state index is -1.60. The molecular weight excluding hydrogens is 240 g/mol. The number of nitrogens with two attached hydrogens (primary N) is 1. The SMILES string of the molecule is NC1([N+](=O)[O-])CC=C(Cl)C=C1c1ccccc1. The van der Waals surface area contributed by atoms with Gasteiger partial charge in [0.25, 0.3) is 0 Å². The lowest BCUT2D eigenvalue weighted by Gasteiger charge is -2.25. The van der Waals surface area contributed by atoms with Crippen LogP contribution in [0.4, 0.5) is 0 Å². The summed E-state index contributed by atoms with van der Waals surface area (Å²) in [6, 6.07) is 9.03. The Labute approximate surface area is 104 Å². The summed E-state index contributed by atoms with van der Waals surface area (Å²) in [4.78, 5) is 10.7. The molecule has 1 aliphatic rings. The van der Waals surface area contributed by atoms with Gasteiger partial charge in [0.1, 0.15) is 0 Å². The van der Waals surface area contributed by atoms with Crippen molar-refractivity contribution in [3.8, 4) is 0 Å². The normalized spacial score (nSPS) is 23.9. The van der Waals surface area contributed by atoms with E-state index in [0.29, 0.717) is 10.6 Å². The molecule has 1 aliphatic carbocycles. The summed E-state index contributed by atoms with van der Waals surface area (Å²) in [5.41, 5.74) is 5.43. The van der Waals surface area contributed by atoms with E-state index in [9.17, 15) is 10.1 Å². The van der Waals surface area contributed by atoms with E-state index in [1.165, 1.54) is 0 Å². The maximum absolute atomic E-state index is 11.1. The average molecular weight is 251 g/mol. The lowest BCUT2D eigenvalue weighted by Crippen LogP contribution is -2.49. The molecule has 0 saturated carbocycles. The van der Waals surface area contributed by atoms with E-state index in [-0.39, 0.29) is 6.42 Å². The van der Waals surface area contributed by atoms with Crippen molar-refractivity contribution in [2.24, 2.45) is 5.73 Å². The number of nitro groups is 1. The number of halogens is 1. The minimum absolute atomic E-state index is 0.0968. The first-order valence-corrected chi connectivity index (χ1v) is 5.48. The Morgan fingerprint density at radius 2 is 2.00 bits per heavy atom. The molecule has 0 saturated heterocycles. The van der Waals surface area contributed by atoms with Gasteiger partial charge in [0, 0.05) is 9.96 Å². The highest BCUT2D eigenvalue weighted by molar-refractivity contribution is 6.32. The van der Waals surface area contributed by atoms with Gasteiger partial charge in [-0.3, -0.25) is 15.8 Å². The van der Waals surface area contributed by atoms with Crippen LogP contribution < -0.4 is 5.73 Å². The molecule has 1 aromatic rings. The highest BCUT2D eigenvalue weighted by Gasteiger charge is 2.43. The highest BCUT2D eigenvalue weighted by atomic mass is 35.5. The van der Waals surface area contributed by atoms with Crippen LogP contribution in [-0.2, 0) is 0 Å². The molecule has 0 heterocycles. The summed E-state index contributed by atoms with van der Waals surface area (Å²) in [6.07, 6.45) is 3.22. The molecule has 0 fully saturated rings. The molecule has 1 atom stereocenters. The lowest BCUT2D eigenvalue weighted by molar-refractivity contribution is -0.549. The number of allylic oxidation sites excluding steroid dienone is 2. The van der Waals surface area contributed by atoms with Crippen molar-refractivity contribution < 1.29 is 4.92 Å². The Hall–Kier alpha value is -1.65. The Kier molecular flexibility index (Phi) is 3.00. The Balaban J connectivity index is 2.54. The van der Waals surface area contributed by atoms with Gasteiger partial charge in [0.2, 0.25) is 0 Å². The van der Waals surface area contributed by atoms with Gasteiger partial charge in [0.15, 0.2) is 0 Å². The molecule has 0 aromatic heterocycles. The van der Waals surface area contributed by atoms with Crippen molar-refractivity contribution in [2.75, 3.05) is 0 Å². The summed E-state index contributed by atoms with van der Waals surface area (Å²) in [5.74, 6) is 0. The van der Waals surface area contributed by atoms with Gasteiger partial charge in [-0.05, 0) is 11.6 Å². The predicted octanol–water partition coefficient (Wildman–Crippen LogP) is 2.53. The summed E-state index contributed by atoms with van der Waals surface area (Å²) in [6.45, 7) is 0. The average Bonchev–Trinajstić information content (AvgIpc) is 2.33. The van der Waals surface area contributed by atoms with E-state index >= 15 is 0 Å². The second-order valence-corrected chi connectivity index (χ2v) is 4.33. The molecule has 88 valence electrons. The van der Waals surface area contributed by atoms with Crippen molar-refractivity contribution in [3.63, 3.8) is 0 Å². The number of benzene rings is 1. The fourth-order valence-electron chi connectivity index (χ4n) is 1.81. The molecular formula is C12H11ClN2O2. The zero-order valence-electron chi connectivity index (χ0n) is 8.97. The van der Waals surface area contributed by atoms with Gasteiger partial charge < -0.3 is 0 Å². The summed E-state index contributed by atoms with van der Waals surface area (Å²) >= 11 is 5.90. The van der Waals surface area contributed by atoms with Crippen LogP contribution in [0.25, 0.3) is 5.57 Å². The topological polar surface area (TPSA) is 69.2 Å². The van der Waals surface area contributed by atoms with Crippen molar-refractivity contribution in [3.05, 3.63) is 63.2 Å². The monoisotopic (exact) mass is 250 g/mol. The third-order valence-corrected chi connectivity index (χ3v) is 3.03. The molecule has 1 unspecified atom stereocenters. The molecule has 0 amide bonds. The third kappa shape index (κ3) is 2.09. The summed E-state index contributed by atoms with van der Waals surface area (Å²) in [5, 5.41) is 11.6. The van der Waals surface area contributed by atoms with Gasteiger partial charge in [0.05, 0.1) is 12.0 Å². The molecule has 0 bridgehead atoms. The maximum Gasteiger partial charge on any atom is 0.302 e. The van der Waals surface area contributed by atoms with Crippen molar-refractivity contribution in [1.82, 2.24) is 0 Å². The van der Waals surface area contributed by atoms with E-state index < -0.39 is 10.6 Å². The molecule has 2 rings (SSSR count). The van der Waals surface area contributed by atoms with Crippen LogP contribution >= 0.6 is 11.6 Å². The molecule has 0 spiro atoms. The predicted molar refractivity (Wildman–Crippen MR) is 66.9 cm³/mol. The van der Waals surface area contributed by atoms with Crippen LogP contribution in [0.2, 0.25) is 0 Å². The quantitative estimate of drug-likeness (QED) is 0.498. The number of hydrogen-bond acceptors (Lipinski definition) is 3. The van der Waals surface area contributed by atoms with Crippen LogP contribution in [0.3, 0.4) is 0 Å². The second-order valence-electron chi connectivity index (χ2n) is 3.90. The Morgan fingerprint density at radius 3 is 2.59 bits per heavy atom. The fourth-order valence-corrected chi connectivity index (χ4v) is 1.99. The number of hydrogen-bond donors (Lipinski definition) is 1. The zero-order chi connectivity index (χ0) is 12.5. The molecule has 1 aromatic carbocycles. The van der Waals surface area contributed by atoms with E-state index in [2.05, 4.69) is 0 Å². The van der Waals surface area contributed by atoms with Gasteiger partial charge >= 0.3 is 5.66 Å². The van der Waals surface area contributed by atoms with Crippen LogP contribution in [0.1, 0.15) is 12.0 Å². The van der Waals surface area contributed by atoms with E-state index in [4.69, 9.17) is 17.3 Å². The number of nitrogens with zero attached hydrogens (tertiary/aromatic N) is 1. The fraction of sp³-hybridized carbons (Fsp3) is 0.167.